The minimum absolute atomic E-state index is 0.193. The second-order valence-corrected chi connectivity index (χ2v) is 4.20. The van der Waals surface area contributed by atoms with Crippen molar-refractivity contribution in [1.29, 1.82) is 0 Å². The van der Waals surface area contributed by atoms with Crippen LogP contribution in [-0.2, 0) is 16.1 Å². The van der Waals surface area contributed by atoms with Crippen molar-refractivity contribution in [3.05, 3.63) is 23.8 Å². The van der Waals surface area contributed by atoms with Gasteiger partial charge in [0.25, 0.3) is 0 Å². The van der Waals surface area contributed by atoms with Crippen LogP contribution in [0.2, 0.25) is 0 Å². The molecular formula is C14H22N2O4. The van der Waals surface area contributed by atoms with Crippen LogP contribution in [0.15, 0.2) is 18.2 Å². The maximum absolute atomic E-state index is 11.7. The Kier molecular flexibility index (Phi) is 6.83. The van der Waals surface area contributed by atoms with E-state index in [4.69, 9.17) is 19.9 Å². The van der Waals surface area contributed by atoms with Gasteiger partial charge in [-0.25, -0.2) is 0 Å². The topological polar surface area (TPSA) is 82.8 Å². The van der Waals surface area contributed by atoms with E-state index in [-0.39, 0.29) is 12.5 Å². The van der Waals surface area contributed by atoms with Crippen LogP contribution >= 0.6 is 0 Å². The highest BCUT2D eigenvalue weighted by Crippen LogP contribution is 2.27. The zero-order valence-corrected chi connectivity index (χ0v) is 12.1. The number of rotatable bonds is 8. The molecule has 1 aromatic rings. The quantitative estimate of drug-likeness (QED) is 0.733. The Morgan fingerprint density at radius 3 is 2.70 bits per heavy atom. The van der Waals surface area contributed by atoms with Crippen molar-refractivity contribution in [3.8, 4) is 11.5 Å². The van der Waals surface area contributed by atoms with Crippen molar-refractivity contribution >= 4 is 5.91 Å². The lowest BCUT2D eigenvalue weighted by Gasteiger charge is -2.13. The lowest BCUT2D eigenvalue weighted by molar-refractivity contribution is -0.123. The van der Waals surface area contributed by atoms with Crippen molar-refractivity contribution < 1.29 is 19.0 Å². The Hall–Kier alpha value is -1.79. The van der Waals surface area contributed by atoms with Crippen LogP contribution < -0.4 is 20.5 Å². The molecular weight excluding hydrogens is 260 g/mol. The Morgan fingerprint density at radius 2 is 2.10 bits per heavy atom. The molecule has 1 unspecified atom stereocenters. The molecule has 1 rings (SSSR count). The number of hydrogen-bond donors (Lipinski definition) is 2. The number of nitrogens with one attached hydrogen (secondary N) is 1. The average molecular weight is 282 g/mol. The molecule has 3 N–H and O–H groups in total. The zero-order valence-electron chi connectivity index (χ0n) is 12.1. The molecule has 112 valence electrons. The highest BCUT2D eigenvalue weighted by atomic mass is 16.5. The van der Waals surface area contributed by atoms with Crippen LogP contribution in [0, 0.1) is 0 Å². The van der Waals surface area contributed by atoms with Gasteiger partial charge >= 0.3 is 0 Å². The van der Waals surface area contributed by atoms with E-state index in [1.54, 1.807) is 7.11 Å². The van der Waals surface area contributed by atoms with Gasteiger partial charge in [-0.05, 0) is 24.6 Å². The first-order chi connectivity index (χ1) is 9.62. The van der Waals surface area contributed by atoms with E-state index in [0.29, 0.717) is 24.7 Å². The van der Waals surface area contributed by atoms with E-state index in [9.17, 15) is 4.79 Å². The van der Waals surface area contributed by atoms with E-state index < -0.39 is 6.04 Å². The highest BCUT2D eigenvalue weighted by molar-refractivity contribution is 5.81. The zero-order chi connectivity index (χ0) is 15.0. The van der Waals surface area contributed by atoms with Gasteiger partial charge in [-0.3, -0.25) is 4.79 Å². The molecule has 6 heteroatoms. The fourth-order valence-corrected chi connectivity index (χ4v) is 1.67. The predicted octanol–water partition coefficient (Wildman–Crippen LogP) is 0.684. The number of benzene rings is 1. The van der Waals surface area contributed by atoms with Gasteiger partial charge in [0, 0.05) is 13.7 Å². The van der Waals surface area contributed by atoms with E-state index in [1.165, 1.54) is 7.11 Å². The van der Waals surface area contributed by atoms with E-state index >= 15 is 0 Å². The Morgan fingerprint density at radius 1 is 1.35 bits per heavy atom. The molecule has 1 amide bonds. The van der Waals surface area contributed by atoms with E-state index in [0.717, 1.165) is 5.56 Å². The minimum Gasteiger partial charge on any atom is -0.493 e. The SMILES string of the molecule is CCOc1ccc(CNC(=O)C(N)COC)cc1OC. The van der Waals surface area contributed by atoms with Crippen molar-refractivity contribution in [2.24, 2.45) is 5.73 Å². The molecule has 0 bridgehead atoms. The van der Waals surface area contributed by atoms with Crippen molar-refractivity contribution in [1.82, 2.24) is 5.32 Å². The standard InChI is InChI=1S/C14H22N2O4/c1-4-20-12-6-5-10(7-13(12)19-3)8-16-14(17)11(15)9-18-2/h5-7,11H,4,8-9,15H2,1-3H3,(H,16,17). The number of carbonyl (C=O) groups excluding carboxylic acids is 1. The van der Waals surface area contributed by atoms with Crippen LogP contribution in [0.3, 0.4) is 0 Å². The van der Waals surface area contributed by atoms with E-state index in [1.807, 2.05) is 25.1 Å². The molecule has 0 radical (unpaired) electrons. The summed E-state index contributed by atoms with van der Waals surface area (Å²) in [6, 6.07) is 4.85. The van der Waals surface area contributed by atoms with Gasteiger partial charge in [-0.15, -0.1) is 0 Å². The summed E-state index contributed by atoms with van der Waals surface area (Å²) in [5, 5.41) is 2.75. The minimum atomic E-state index is -0.662. The van der Waals surface area contributed by atoms with Gasteiger partial charge in [0.15, 0.2) is 11.5 Å². The predicted molar refractivity (Wildman–Crippen MR) is 75.9 cm³/mol. The van der Waals surface area contributed by atoms with Crippen LogP contribution in [0.5, 0.6) is 11.5 Å². The third-order valence-corrected chi connectivity index (χ3v) is 2.68. The molecule has 0 saturated heterocycles. The molecule has 1 aromatic carbocycles. The third kappa shape index (κ3) is 4.71. The maximum Gasteiger partial charge on any atom is 0.239 e. The van der Waals surface area contributed by atoms with Crippen LogP contribution in [0.1, 0.15) is 12.5 Å². The lowest BCUT2D eigenvalue weighted by Crippen LogP contribution is -2.43. The number of nitrogens with two attached hydrogens (primary N) is 1. The van der Waals surface area contributed by atoms with Crippen LogP contribution in [0.4, 0.5) is 0 Å². The van der Waals surface area contributed by atoms with Crippen LogP contribution in [-0.4, -0.2) is 39.4 Å². The highest BCUT2D eigenvalue weighted by Gasteiger charge is 2.13. The molecule has 0 spiro atoms. The first-order valence-corrected chi connectivity index (χ1v) is 6.44. The summed E-state index contributed by atoms with van der Waals surface area (Å²) >= 11 is 0. The second-order valence-electron chi connectivity index (χ2n) is 4.20. The van der Waals surface area contributed by atoms with Gasteiger partial charge in [0.05, 0.1) is 20.3 Å². The molecule has 0 aliphatic carbocycles. The molecule has 20 heavy (non-hydrogen) atoms. The summed E-state index contributed by atoms with van der Waals surface area (Å²) in [4.78, 5) is 11.7. The molecule has 0 saturated carbocycles. The normalized spacial score (nSPS) is 11.8. The van der Waals surface area contributed by atoms with Crippen LogP contribution in [0.25, 0.3) is 0 Å². The largest absolute Gasteiger partial charge is 0.493 e. The Balaban J connectivity index is 2.62. The fourth-order valence-electron chi connectivity index (χ4n) is 1.67. The third-order valence-electron chi connectivity index (χ3n) is 2.68. The number of amides is 1. The molecule has 0 heterocycles. The Labute approximate surface area is 119 Å². The molecule has 0 aliphatic heterocycles. The number of carbonyl (C=O) groups is 1. The molecule has 0 aliphatic rings. The van der Waals surface area contributed by atoms with Gasteiger partial charge in [0.2, 0.25) is 5.91 Å². The second kappa shape index (κ2) is 8.39. The number of hydrogen-bond acceptors (Lipinski definition) is 5. The monoisotopic (exact) mass is 282 g/mol. The van der Waals surface area contributed by atoms with E-state index in [2.05, 4.69) is 5.32 Å². The van der Waals surface area contributed by atoms with Crippen molar-refractivity contribution in [2.75, 3.05) is 27.4 Å². The summed E-state index contributed by atoms with van der Waals surface area (Å²) in [5.41, 5.74) is 6.54. The molecule has 0 fully saturated rings. The first-order valence-electron chi connectivity index (χ1n) is 6.44. The van der Waals surface area contributed by atoms with Gasteiger partial charge < -0.3 is 25.3 Å². The Bertz CT molecular complexity index is 437. The lowest BCUT2D eigenvalue weighted by atomic mass is 10.2. The van der Waals surface area contributed by atoms with Crippen molar-refractivity contribution in [2.45, 2.75) is 19.5 Å². The average Bonchev–Trinajstić information content (AvgIpc) is 2.46. The van der Waals surface area contributed by atoms with Crippen molar-refractivity contribution in [3.63, 3.8) is 0 Å². The summed E-state index contributed by atoms with van der Waals surface area (Å²) in [6.07, 6.45) is 0. The van der Waals surface area contributed by atoms with Gasteiger partial charge in [0.1, 0.15) is 6.04 Å². The number of ether oxygens (including phenoxy) is 3. The maximum atomic E-state index is 11.7. The molecule has 0 aromatic heterocycles. The van der Waals surface area contributed by atoms with Gasteiger partial charge in [-0.1, -0.05) is 6.07 Å². The number of methoxy groups -OCH3 is 2. The summed E-state index contributed by atoms with van der Waals surface area (Å²) < 4.78 is 15.5. The summed E-state index contributed by atoms with van der Waals surface area (Å²) in [6.45, 7) is 3.04. The summed E-state index contributed by atoms with van der Waals surface area (Å²) in [5.74, 6) is 1.07. The molecule has 6 nitrogen and oxygen atoms in total. The first kappa shape index (κ1) is 16.3. The smallest absolute Gasteiger partial charge is 0.239 e. The van der Waals surface area contributed by atoms with Gasteiger partial charge in [-0.2, -0.15) is 0 Å². The molecule has 1 atom stereocenters. The fraction of sp³-hybridized carbons (Fsp3) is 0.500. The summed E-state index contributed by atoms with van der Waals surface area (Å²) in [7, 11) is 3.08.